The molecule has 0 aliphatic heterocycles. The molecule has 0 spiro atoms. The van der Waals surface area contributed by atoms with E-state index in [0.29, 0.717) is 22.1 Å². The minimum atomic E-state index is -0.165. The van der Waals surface area contributed by atoms with Crippen molar-refractivity contribution in [2.45, 2.75) is 13.5 Å². The van der Waals surface area contributed by atoms with Gasteiger partial charge in [-0.05, 0) is 42.3 Å². The molecule has 0 saturated heterocycles. The number of hydrogen-bond donors (Lipinski definition) is 2. The summed E-state index contributed by atoms with van der Waals surface area (Å²) in [4.78, 5) is 12.5. The Labute approximate surface area is 134 Å². The van der Waals surface area contributed by atoms with Crippen molar-refractivity contribution in [3.8, 4) is 0 Å². The van der Waals surface area contributed by atoms with Crippen molar-refractivity contribution in [2.24, 2.45) is 5.73 Å². The highest BCUT2D eigenvalue weighted by Gasteiger charge is 2.07. The van der Waals surface area contributed by atoms with Crippen LogP contribution in [0.25, 0.3) is 0 Å². The lowest BCUT2D eigenvalue weighted by Crippen LogP contribution is -2.23. The third kappa shape index (κ3) is 4.28. The third-order valence-electron chi connectivity index (χ3n) is 2.97. The van der Waals surface area contributed by atoms with Gasteiger partial charge in [0.2, 0.25) is 0 Å². The number of nitrogens with two attached hydrogens (primary N) is 1. The highest BCUT2D eigenvalue weighted by atomic mass is 35.5. The molecule has 0 bridgehead atoms. The summed E-state index contributed by atoms with van der Waals surface area (Å²) in [5.74, 6) is -0.165. The van der Waals surface area contributed by atoms with E-state index in [9.17, 15) is 4.79 Å². The molecular weight excluding hydrogens is 304 g/mol. The first-order chi connectivity index (χ1) is 9.95. The van der Waals surface area contributed by atoms with Gasteiger partial charge >= 0.3 is 0 Å². The van der Waals surface area contributed by atoms with Gasteiger partial charge in [-0.2, -0.15) is 0 Å². The molecule has 1 amide bonds. The summed E-state index contributed by atoms with van der Waals surface area (Å²) in [6.45, 7) is 2.30. The average molecular weight is 319 g/mol. The Hall–Kier alpha value is -1.91. The first-order valence-corrected chi connectivity index (χ1v) is 7.18. The molecule has 0 saturated carbocycles. The molecule has 21 heavy (non-hydrogen) atoms. The number of benzene rings is 2. The quantitative estimate of drug-likeness (QED) is 0.851. The minimum Gasteiger partial charge on any atom is -0.389 e. The van der Waals surface area contributed by atoms with Crippen LogP contribution in [0.5, 0.6) is 0 Å². The molecule has 0 aliphatic rings. The number of carbonyl (C=O) groups is 1. The number of amides is 1. The van der Waals surface area contributed by atoms with Gasteiger partial charge < -0.3 is 11.1 Å². The number of hydrogen-bond acceptors (Lipinski definition) is 2. The molecule has 0 radical (unpaired) electrons. The van der Waals surface area contributed by atoms with Crippen molar-refractivity contribution in [3.05, 3.63) is 69.7 Å². The molecule has 3 nitrogen and oxygen atoms in total. The van der Waals surface area contributed by atoms with Gasteiger partial charge in [0.15, 0.2) is 0 Å². The number of rotatable bonds is 4. The fourth-order valence-electron chi connectivity index (χ4n) is 1.99. The number of carbonyl (C=O) groups excluding carboxylic acids is 1. The molecule has 0 fully saturated rings. The number of halogens is 1. The van der Waals surface area contributed by atoms with Crippen LogP contribution in [0.4, 0.5) is 0 Å². The van der Waals surface area contributed by atoms with Crippen molar-refractivity contribution < 1.29 is 4.79 Å². The van der Waals surface area contributed by atoms with Crippen molar-refractivity contribution in [2.75, 3.05) is 0 Å². The third-order valence-corrected chi connectivity index (χ3v) is 3.42. The van der Waals surface area contributed by atoms with E-state index >= 15 is 0 Å². The molecule has 0 heterocycles. The number of nitrogens with one attached hydrogen (secondary N) is 1. The highest BCUT2D eigenvalue weighted by Crippen LogP contribution is 2.14. The smallest absolute Gasteiger partial charge is 0.251 e. The van der Waals surface area contributed by atoms with E-state index in [2.05, 4.69) is 5.32 Å². The zero-order valence-corrected chi connectivity index (χ0v) is 13.1. The molecule has 0 unspecified atom stereocenters. The van der Waals surface area contributed by atoms with Gasteiger partial charge in [-0.15, -0.1) is 0 Å². The zero-order chi connectivity index (χ0) is 15.4. The maximum Gasteiger partial charge on any atom is 0.251 e. The topological polar surface area (TPSA) is 55.1 Å². The van der Waals surface area contributed by atoms with E-state index in [1.165, 1.54) is 0 Å². The van der Waals surface area contributed by atoms with Gasteiger partial charge in [0.05, 0.1) is 0 Å². The van der Waals surface area contributed by atoms with Crippen LogP contribution in [0, 0.1) is 6.92 Å². The summed E-state index contributed by atoms with van der Waals surface area (Å²) >= 11 is 10.9. The molecule has 0 aromatic heterocycles. The number of thiocarbonyl (C=S) groups is 1. The average Bonchev–Trinajstić information content (AvgIpc) is 2.44. The summed E-state index contributed by atoms with van der Waals surface area (Å²) in [5, 5.41) is 3.41. The van der Waals surface area contributed by atoms with Crippen LogP contribution in [0.1, 0.15) is 27.0 Å². The van der Waals surface area contributed by atoms with E-state index in [1.807, 2.05) is 37.3 Å². The molecule has 5 heteroatoms. The summed E-state index contributed by atoms with van der Waals surface area (Å²) in [5.41, 5.74) is 8.81. The van der Waals surface area contributed by atoms with Crippen LogP contribution in [-0.4, -0.2) is 10.9 Å². The van der Waals surface area contributed by atoms with Crippen molar-refractivity contribution >= 4 is 34.7 Å². The molecule has 0 atom stereocenters. The SMILES string of the molecule is Cc1cc(Cl)cc(C(=O)NCc2cccc(C(N)=S)c2)c1. The van der Waals surface area contributed by atoms with E-state index in [1.54, 1.807) is 12.1 Å². The molecule has 108 valence electrons. The Morgan fingerprint density at radius 1 is 1.24 bits per heavy atom. The van der Waals surface area contributed by atoms with Gasteiger partial charge in [-0.3, -0.25) is 4.79 Å². The second kappa shape index (κ2) is 6.70. The highest BCUT2D eigenvalue weighted by molar-refractivity contribution is 7.80. The van der Waals surface area contributed by atoms with E-state index < -0.39 is 0 Å². The van der Waals surface area contributed by atoms with Gasteiger partial charge in [0, 0.05) is 22.7 Å². The van der Waals surface area contributed by atoms with Crippen molar-refractivity contribution in [3.63, 3.8) is 0 Å². The fourth-order valence-corrected chi connectivity index (χ4v) is 2.40. The Morgan fingerprint density at radius 3 is 2.67 bits per heavy atom. The monoisotopic (exact) mass is 318 g/mol. The molecule has 2 aromatic rings. The van der Waals surface area contributed by atoms with Crippen molar-refractivity contribution in [1.82, 2.24) is 5.32 Å². The predicted octanol–water partition coefficient (Wildman–Crippen LogP) is 3.21. The molecule has 2 rings (SSSR count). The normalized spacial score (nSPS) is 10.2. The van der Waals surface area contributed by atoms with Crippen LogP contribution < -0.4 is 11.1 Å². The van der Waals surface area contributed by atoms with Gasteiger partial charge in [0.1, 0.15) is 4.99 Å². The van der Waals surface area contributed by atoms with Crippen LogP contribution in [0.3, 0.4) is 0 Å². The zero-order valence-electron chi connectivity index (χ0n) is 11.5. The molecule has 2 aromatic carbocycles. The first-order valence-electron chi connectivity index (χ1n) is 6.40. The van der Waals surface area contributed by atoms with Gasteiger partial charge in [0.25, 0.3) is 5.91 Å². The lowest BCUT2D eigenvalue weighted by molar-refractivity contribution is 0.0951. The molecule has 3 N–H and O–H groups in total. The van der Waals surface area contributed by atoms with E-state index in [-0.39, 0.29) is 5.91 Å². The predicted molar refractivity (Wildman–Crippen MR) is 89.7 cm³/mol. The van der Waals surface area contributed by atoms with E-state index in [0.717, 1.165) is 16.7 Å². The standard InChI is InChI=1S/C16H15ClN2OS/c1-10-5-13(8-14(17)6-10)16(20)19-9-11-3-2-4-12(7-11)15(18)21/h2-8H,9H2,1H3,(H2,18,21)(H,19,20). The summed E-state index contributed by atoms with van der Waals surface area (Å²) in [7, 11) is 0. The van der Waals surface area contributed by atoms with Crippen molar-refractivity contribution in [1.29, 1.82) is 0 Å². The maximum absolute atomic E-state index is 12.1. The maximum atomic E-state index is 12.1. The first kappa shape index (κ1) is 15.5. The van der Waals surface area contributed by atoms with Crippen LogP contribution >= 0.6 is 23.8 Å². The second-order valence-corrected chi connectivity index (χ2v) is 5.64. The van der Waals surface area contributed by atoms with Gasteiger partial charge in [-0.1, -0.05) is 42.0 Å². The Morgan fingerprint density at radius 2 is 2.00 bits per heavy atom. The Bertz CT molecular complexity index is 680. The molecule has 0 aliphatic carbocycles. The summed E-state index contributed by atoms with van der Waals surface area (Å²) < 4.78 is 0. The largest absolute Gasteiger partial charge is 0.389 e. The lowest BCUT2D eigenvalue weighted by atomic mass is 10.1. The Balaban J connectivity index is 2.07. The second-order valence-electron chi connectivity index (χ2n) is 4.76. The fraction of sp³-hybridized carbons (Fsp3) is 0.125. The molecular formula is C16H15ClN2OS. The Kier molecular flexibility index (Phi) is 4.94. The minimum absolute atomic E-state index is 0.165. The van der Waals surface area contributed by atoms with E-state index in [4.69, 9.17) is 29.6 Å². The summed E-state index contributed by atoms with van der Waals surface area (Å²) in [6, 6.07) is 12.7. The van der Waals surface area contributed by atoms with Gasteiger partial charge in [-0.25, -0.2) is 0 Å². The van der Waals surface area contributed by atoms with Crippen LogP contribution in [0.2, 0.25) is 5.02 Å². The van der Waals surface area contributed by atoms with Crippen LogP contribution in [0.15, 0.2) is 42.5 Å². The van der Waals surface area contributed by atoms with Crippen LogP contribution in [-0.2, 0) is 6.54 Å². The summed E-state index contributed by atoms with van der Waals surface area (Å²) in [6.07, 6.45) is 0. The lowest BCUT2D eigenvalue weighted by Gasteiger charge is -2.08. The number of aryl methyl sites for hydroxylation is 1.